The van der Waals surface area contributed by atoms with Gasteiger partial charge in [-0.3, -0.25) is 14.5 Å². The second-order valence-corrected chi connectivity index (χ2v) is 9.68. The van der Waals surface area contributed by atoms with Crippen LogP contribution in [0.3, 0.4) is 0 Å². The van der Waals surface area contributed by atoms with Crippen LogP contribution in [0.25, 0.3) is 15.9 Å². The number of rotatable bonds is 2. The number of benzene rings is 1. The van der Waals surface area contributed by atoms with E-state index >= 15 is 0 Å². The first-order valence-corrected chi connectivity index (χ1v) is 10.9. The second-order valence-electron chi connectivity index (χ2n) is 8.59. The highest BCUT2D eigenvalue weighted by molar-refractivity contribution is 7.19. The summed E-state index contributed by atoms with van der Waals surface area (Å²) in [5.74, 6) is -0.223. The van der Waals surface area contributed by atoms with Gasteiger partial charge in [0, 0.05) is 11.3 Å². The molecular formula is C22H19N5O3S. The number of aromatic nitrogens is 4. The molecule has 2 aliphatic heterocycles. The largest absolute Gasteiger partial charge is 0.370 e. The number of imide groups is 1. The Hall–Kier alpha value is -3.17. The fraction of sp³-hybridized carbons (Fsp3) is 0.318. The molecule has 0 saturated carbocycles. The molecular weight excluding hydrogens is 414 g/mol. The Morgan fingerprint density at radius 3 is 2.58 bits per heavy atom. The van der Waals surface area contributed by atoms with E-state index in [1.165, 1.54) is 10.5 Å². The normalized spacial score (nSPS) is 18.6. The first kappa shape index (κ1) is 18.6. The van der Waals surface area contributed by atoms with Crippen molar-refractivity contribution in [3.8, 4) is 0 Å². The average molecular weight is 433 g/mol. The molecule has 0 fully saturated rings. The van der Waals surface area contributed by atoms with E-state index in [4.69, 9.17) is 9.72 Å². The molecule has 0 bridgehead atoms. The highest BCUT2D eigenvalue weighted by atomic mass is 32.1. The predicted octanol–water partition coefficient (Wildman–Crippen LogP) is 3.55. The second kappa shape index (κ2) is 6.18. The van der Waals surface area contributed by atoms with Gasteiger partial charge in [-0.25, -0.2) is 14.5 Å². The summed E-state index contributed by atoms with van der Waals surface area (Å²) in [6.45, 7) is 6.49. The summed E-state index contributed by atoms with van der Waals surface area (Å²) in [4.78, 5) is 38.4. The predicted molar refractivity (Wildman–Crippen MR) is 114 cm³/mol. The summed E-state index contributed by atoms with van der Waals surface area (Å²) in [6.07, 6.45) is 2.40. The summed E-state index contributed by atoms with van der Waals surface area (Å²) in [5, 5.41) is 5.55. The number of amides is 2. The topological polar surface area (TPSA) is 89.7 Å². The lowest BCUT2D eigenvalue weighted by atomic mass is 9.94. The van der Waals surface area contributed by atoms with Crippen molar-refractivity contribution < 1.29 is 14.3 Å². The zero-order valence-corrected chi connectivity index (χ0v) is 18.1. The lowest BCUT2D eigenvalue weighted by Crippen LogP contribution is -2.33. The first-order chi connectivity index (χ1) is 14.8. The molecule has 156 valence electrons. The van der Waals surface area contributed by atoms with Crippen molar-refractivity contribution >= 4 is 39.0 Å². The molecule has 9 heteroatoms. The summed E-state index contributed by atoms with van der Waals surface area (Å²) in [5.41, 5.74) is 2.47. The van der Waals surface area contributed by atoms with Gasteiger partial charge in [0.1, 0.15) is 11.2 Å². The Kier molecular flexibility index (Phi) is 3.70. The van der Waals surface area contributed by atoms with E-state index in [-0.39, 0.29) is 17.4 Å². The third kappa shape index (κ3) is 2.60. The van der Waals surface area contributed by atoms with E-state index in [1.54, 1.807) is 53.4 Å². The number of nitrogens with zero attached hydrogens (tertiary/aromatic N) is 5. The van der Waals surface area contributed by atoms with Crippen molar-refractivity contribution in [3.63, 3.8) is 0 Å². The van der Waals surface area contributed by atoms with Gasteiger partial charge in [-0.1, -0.05) is 12.1 Å². The van der Waals surface area contributed by atoms with Gasteiger partial charge in [-0.15, -0.1) is 16.4 Å². The van der Waals surface area contributed by atoms with Gasteiger partial charge in [-0.2, -0.15) is 0 Å². The summed E-state index contributed by atoms with van der Waals surface area (Å²) >= 11 is 1.61. The lowest BCUT2D eigenvalue weighted by Gasteiger charge is -2.30. The zero-order valence-electron chi connectivity index (χ0n) is 17.2. The van der Waals surface area contributed by atoms with Gasteiger partial charge in [-0.05, 0) is 38.5 Å². The van der Waals surface area contributed by atoms with Crippen molar-refractivity contribution in [1.29, 1.82) is 0 Å². The minimum atomic E-state index is -0.600. The van der Waals surface area contributed by atoms with Gasteiger partial charge in [0.2, 0.25) is 0 Å². The number of hydrogen-bond donors (Lipinski definition) is 0. The molecule has 31 heavy (non-hydrogen) atoms. The molecule has 0 saturated heterocycles. The van der Waals surface area contributed by atoms with E-state index in [1.807, 2.05) is 0 Å². The fourth-order valence-corrected chi connectivity index (χ4v) is 5.48. The van der Waals surface area contributed by atoms with Gasteiger partial charge in [0.25, 0.3) is 11.8 Å². The van der Waals surface area contributed by atoms with Crippen LogP contribution in [0.1, 0.15) is 63.8 Å². The van der Waals surface area contributed by atoms with Crippen molar-refractivity contribution in [2.45, 2.75) is 45.4 Å². The number of thiophene rings is 1. The fourth-order valence-electron chi connectivity index (χ4n) is 4.41. The lowest BCUT2D eigenvalue weighted by molar-refractivity contribution is -0.0379. The minimum absolute atomic E-state index is 0.260. The quantitative estimate of drug-likeness (QED) is 0.449. The Morgan fingerprint density at radius 2 is 1.87 bits per heavy atom. The summed E-state index contributed by atoms with van der Waals surface area (Å²) in [7, 11) is 0. The van der Waals surface area contributed by atoms with Crippen LogP contribution >= 0.6 is 11.3 Å². The van der Waals surface area contributed by atoms with E-state index in [0.29, 0.717) is 29.2 Å². The summed E-state index contributed by atoms with van der Waals surface area (Å²) in [6, 6.07) is 6.27. The zero-order chi connectivity index (χ0) is 21.5. The molecule has 0 aliphatic carbocycles. The van der Waals surface area contributed by atoms with Crippen LogP contribution in [0.15, 0.2) is 30.6 Å². The van der Waals surface area contributed by atoms with Crippen molar-refractivity contribution in [3.05, 3.63) is 58.0 Å². The SMILES string of the molecule is CC(c1nc2c3c4c(sc3ncn2n1)COC(C)(C)C4)N1C(=O)c2ccccc2C1=O. The average Bonchev–Trinajstić information content (AvgIpc) is 3.40. The van der Waals surface area contributed by atoms with Gasteiger partial charge in [0.05, 0.1) is 34.8 Å². The molecule has 3 aromatic heterocycles. The molecule has 0 radical (unpaired) electrons. The van der Waals surface area contributed by atoms with E-state index < -0.39 is 6.04 Å². The molecule has 1 aromatic carbocycles. The number of hydrogen-bond acceptors (Lipinski definition) is 7. The van der Waals surface area contributed by atoms with Gasteiger partial charge < -0.3 is 4.74 Å². The molecule has 5 heterocycles. The Morgan fingerprint density at radius 1 is 1.16 bits per heavy atom. The van der Waals surface area contributed by atoms with E-state index in [0.717, 1.165) is 21.5 Å². The molecule has 6 rings (SSSR count). The molecule has 1 atom stereocenters. The first-order valence-electron chi connectivity index (χ1n) is 10.1. The summed E-state index contributed by atoms with van der Waals surface area (Å²) < 4.78 is 7.60. The maximum atomic E-state index is 12.9. The Labute approximate surface area is 181 Å². The highest BCUT2D eigenvalue weighted by Crippen LogP contribution is 2.40. The van der Waals surface area contributed by atoms with Crippen LogP contribution in [0, 0.1) is 0 Å². The van der Waals surface area contributed by atoms with Crippen molar-refractivity contribution in [1.82, 2.24) is 24.5 Å². The third-order valence-corrected chi connectivity index (χ3v) is 7.12. The van der Waals surface area contributed by atoms with Crippen LogP contribution < -0.4 is 0 Å². The minimum Gasteiger partial charge on any atom is -0.370 e. The smallest absolute Gasteiger partial charge is 0.262 e. The monoisotopic (exact) mass is 433 g/mol. The molecule has 8 nitrogen and oxygen atoms in total. The molecule has 4 aromatic rings. The number of fused-ring (bicyclic) bond motifs is 6. The standard InChI is InChI=1S/C22H19N5O3S/c1-11(27-20(28)12-6-4-5-7-13(12)21(27)29)17-24-18-16-14-8-22(2,3)30-9-15(14)31-19(16)23-10-26(18)25-17/h4-7,10-11H,8-9H2,1-3H3. The van der Waals surface area contributed by atoms with E-state index in [9.17, 15) is 9.59 Å². The maximum absolute atomic E-state index is 12.9. The third-order valence-electron chi connectivity index (χ3n) is 6.01. The Bertz CT molecular complexity index is 1380. The molecule has 0 spiro atoms. The van der Waals surface area contributed by atoms with Crippen LogP contribution in [0.5, 0.6) is 0 Å². The van der Waals surface area contributed by atoms with Crippen LogP contribution in [0.4, 0.5) is 0 Å². The van der Waals surface area contributed by atoms with Crippen LogP contribution in [-0.2, 0) is 17.8 Å². The number of carbonyl (C=O) groups is 2. The number of ether oxygens (including phenoxy) is 1. The molecule has 0 N–H and O–H groups in total. The van der Waals surface area contributed by atoms with E-state index in [2.05, 4.69) is 23.9 Å². The number of carbonyl (C=O) groups excluding carboxylic acids is 2. The van der Waals surface area contributed by atoms with Gasteiger partial charge >= 0.3 is 0 Å². The maximum Gasteiger partial charge on any atom is 0.262 e. The van der Waals surface area contributed by atoms with Crippen molar-refractivity contribution in [2.24, 2.45) is 0 Å². The Balaban J connectivity index is 1.46. The molecule has 1 unspecified atom stereocenters. The molecule has 2 amide bonds. The van der Waals surface area contributed by atoms with Gasteiger partial charge in [0.15, 0.2) is 11.5 Å². The highest BCUT2D eigenvalue weighted by Gasteiger charge is 2.40. The van der Waals surface area contributed by atoms with Crippen LogP contribution in [-0.4, -0.2) is 41.9 Å². The molecule has 2 aliphatic rings. The van der Waals surface area contributed by atoms with Crippen LogP contribution in [0.2, 0.25) is 0 Å². The van der Waals surface area contributed by atoms with Crippen molar-refractivity contribution in [2.75, 3.05) is 0 Å².